The van der Waals surface area contributed by atoms with Gasteiger partial charge in [-0.15, -0.1) is 0 Å². The highest BCUT2D eigenvalue weighted by Crippen LogP contribution is 2.33. The molecule has 0 spiro atoms. The van der Waals surface area contributed by atoms with Gasteiger partial charge in [-0.25, -0.2) is 0 Å². The maximum absolute atomic E-state index is 13.3. The van der Waals surface area contributed by atoms with E-state index < -0.39 is 131 Å². The number of hydrogen-bond acceptors (Lipinski definition) is 18. The van der Waals surface area contributed by atoms with Gasteiger partial charge in [0.05, 0.1) is 38.6 Å². The number of aliphatic hydroxyl groups is 11. The van der Waals surface area contributed by atoms with E-state index >= 15 is 0 Å². The van der Waals surface area contributed by atoms with Crippen molar-refractivity contribution in [2.75, 3.05) is 26.4 Å². The third kappa shape index (κ3) is 30.6. The molecule has 0 saturated carbocycles. The first-order chi connectivity index (χ1) is 41.8. The van der Waals surface area contributed by atoms with E-state index in [-0.39, 0.29) is 12.3 Å². The highest BCUT2D eigenvalue weighted by Gasteiger charge is 2.53. The molecular formula is C67H109NO18. The van der Waals surface area contributed by atoms with Crippen molar-refractivity contribution in [1.82, 2.24) is 5.32 Å². The van der Waals surface area contributed by atoms with Crippen LogP contribution < -0.4 is 5.32 Å². The highest BCUT2D eigenvalue weighted by molar-refractivity contribution is 5.76. The van der Waals surface area contributed by atoms with Gasteiger partial charge in [-0.2, -0.15) is 0 Å². The SMILES string of the molecule is CC/C=C\C/C=C\C/C=C\C/C=C\C/C=C\C/C=C\C/C=C\CCCCCC(=O)NC(COC1OC(CO)C(OC2OC(CO)C(OC3OC(CO)C(O)C(O)C3O)C(O)C2O)C(O)C1O)C(O)/C=C/CC/C=C/CC/C=C/CCCCCCCC. The topological polar surface area (TPSA) is 307 Å². The number of carbonyl (C=O) groups excluding carboxylic acids is 1. The van der Waals surface area contributed by atoms with Gasteiger partial charge < -0.3 is 89.9 Å². The Morgan fingerprint density at radius 3 is 1.30 bits per heavy atom. The smallest absolute Gasteiger partial charge is 0.220 e. The van der Waals surface area contributed by atoms with Gasteiger partial charge in [0.25, 0.3) is 0 Å². The predicted molar refractivity (Wildman–Crippen MR) is 332 cm³/mol. The molecule has 19 heteroatoms. The van der Waals surface area contributed by atoms with E-state index in [9.17, 15) is 61.0 Å². The second-order valence-corrected chi connectivity index (χ2v) is 22.1. The first kappa shape index (κ1) is 76.4. The second kappa shape index (κ2) is 48.1. The molecule has 490 valence electrons. The molecule has 3 saturated heterocycles. The fraction of sp³-hybridized carbons (Fsp3) is 0.687. The molecule has 17 atom stereocenters. The molecule has 0 aliphatic carbocycles. The Morgan fingerprint density at radius 1 is 0.430 bits per heavy atom. The monoisotopic (exact) mass is 1220 g/mol. The number of carbonyl (C=O) groups is 1. The lowest BCUT2D eigenvalue weighted by atomic mass is 9.96. The molecule has 3 heterocycles. The van der Waals surface area contributed by atoms with Crippen LogP contribution in [-0.4, -0.2) is 193 Å². The summed E-state index contributed by atoms with van der Waals surface area (Å²) in [6, 6.07) is -1.02. The fourth-order valence-corrected chi connectivity index (χ4v) is 9.79. The summed E-state index contributed by atoms with van der Waals surface area (Å²) < 4.78 is 34.2. The molecule has 0 aromatic rings. The van der Waals surface area contributed by atoms with Crippen LogP contribution >= 0.6 is 0 Å². The van der Waals surface area contributed by atoms with Crippen LogP contribution in [0.1, 0.15) is 162 Å². The van der Waals surface area contributed by atoms with Crippen LogP contribution in [0.5, 0.6) is 0 Å². The first-order valence-corrected chi connectivity index (χ1v) is 31.8. The van der Waals surface area contributed by atoms with Crippen LogP contribution in [-0.2, 0) is 33.2 Å². The van der Waals surface area contributed by atoms with E-state index in [0.717, 1.165) is 89.9 Å². The van der Waals surface area contributed by atoms with Crippen LogP contribution in [0, 0.1) is 0 Å². The molecule has 3 rings (SSSR count). The van der Waals surface area contributed by atoms with Crippen molar-refractivity contribution in [3.8, 4) is 0 Å². The zero-order chi connectivity index (χ0) is 62.6. The minimum Gasteiger partial charge on any atom is -0.394 e. The van der Waals surface area contributed by atoms with Crippen LogP contribution in [0.3, 0.4) is 0 Å². The number of hydrogen-bond donors (Lipinski definition) is 12. The van der Waals surface area contributed by atoms with E-state index in [2.05, 4.69) is 129 Å². The summed E-state index contributed by atoms with van der Waals surface area (Å²) in [5, 5.41) is 120. The molecule has 3 aliphatic heterocycles. The summed E-state index contributed by atoms with van der Waals surface area (Å²) in [5.74, 6) is -0.328. The third-order valence-electron chi connectivity index (χ3n) is 15.0. The molecule has 12 N–H and O–H groups in total. The molecule has 19 nitrogen and oxygen atoms in total. The summed E-state index contributed by atoms with van der Waals surface area (Å²) >= 11 is 0. The van der Waals surface area contributed by atoms with Crippen LogP contribution in [0.15, 0.2) is 122 Å². The molecule has 1 amide bonds. The Balaban J connectivity index is 1.50. The minimum absolute atomic E-state index is 0.183. The standard InChI is InChI=1S/C67H109NO18/c1-3-5-7-9-11-13-15-17-19-21-22-23-24-25-26-27-28-29-31-33-35-37-39-41-43-45-55(73)68-50(51(72)44-42-40-38-36-34-32-30-20-18-16-14-12-10-8-6-4-2)49-81-65-61(79)58(76)63(53(47-70)83-65)86-67-62(80)59(77)64(54(48-71)84-67)85-66-60(78)57(75)56(74)52(46-69)82-66/h5,7,11,13,17-20,22-23,25-26,28-29,33-36,42,44,50-54,56-67,69-72,74-80H,3-4,6,8-10,12,14-16,21,24,27,30-32,37-41,43,45-49H2,1-2H3,(H,68,73)/b7-5-,13-11-,19-17-,20-18+,23-22-,26-25-,29-28-,35-33-,36-34+,44-42+. The number of aliphatic hydroxyl groups excluding tert-OH is 11. The van der Waals surface area contributed by atoms with Gasteiger partial charge in [-0.3, -0.25) is 4.79 Å². The minimum atomic E-state index is -1.99. The fourth-order valence-electron chi connectivity index (χ4n) is 9.79. The Bertz CT molecular complexity index is 2030. The number of rotatable bonds is 45. The van der Waals surface area contributed by atoms with Crippen molar-refractivity contribution in [2.45, 2.75) is 266 Å². The van der Waals surface area contributed by atoms with Crippen molar-refractivity contribution < 1.29 is 89.4 Å². The number of amides is 1. The van der Waals surface area contributed by atoms with Gasteiger partial charge >= 0.3 is 0 Å². The molecular weight excluding hydrogens is 1110 g/mol. The van der Waals surface area contributed by atoms with Gasteiger partial charge in [-0.05, 0) is 103 Å². The maximum atomic E-state index is 13.3. The summed E-state index contributed by atoms with van der Waals surface area (Å²) in [4.78, 5) is 13.3. The summed E-state index contributed by atoms with van der Waals surface area (Å²) in [7, 11) is 0. The Hall–Kier alpha value is -3.81. The van der Waals surface area contributed by atoms with Crippen LogP contribution in [0.25, 0.3) is 0 Å². The highest BCUT2D eigenvalue weighted by atomic mass is 16.8. The summed E-state index contributed by atoms with van der Waals surface area (Å²) in [6.07, 6.45) is 37.4. The van der Waals surface area contributed by atoms with E-state index in [1.165, 1.54) is 38.5 Å². The molecule has 0 aromatic carbocycles. The van der Waals surface area contributed by atoms with E-state index in [1.54, 1.807) is 6.08 Å². The van der Waals surface area contributed by atoms with E-state index in [4.69, 9.17) is 28.4 Å². The van der Waals surface area contributed by atoms with E-state index in [0.29, 0.717) is 12.8 Å². The zero-order valence-corrected chi connectivity index (χ0v) is 51.2. The lowest BCUT2D eigenvalue weighted by Crippen LogP contribution is -2.66. The average Bonchev–Trinajstić information content (AvgIpc) is 3.70. The first-order valence-electron chi connectivity index (χ1n) is 31.8. The van der Waals surface area contributed by atoms with Crippen molar-refractivity contribution in [1.29, 1.82) is 0 Å². The Morgan fingerprint density at radius 2 is 0.814 bits per heavy atom. The van der Waals surface area contributed by atoms with Crippen molar-refractivity contribution >= 4 is 5.91 Å². The number of nitrogens with one attached hydrogen (secondary N) is 1. The van der Waals surface area contributed by atoms with Crippen molar-refractivity contribution in [3.05, 3.63) is 122 Å². The molecule has 3 aliphatic rings. The molecule has 3 fully saturated rings. The number of allylic oxidation sites excluding steroid dienone is 19. The van der Waals surface area contributed by atoms with Crippen molar-refractivity contribution in [3.63, 3.8) is 0 Å². The van der Waals surface area contributed by atoms with E-state index in [1.807, 2.05) is 6.08 Å². The number of unbranched alkanes of at least 4 members (excludes halogenated alkanes) is 11. The average molecular weight is 1220 g/mol. The zero-order valence-electron chi connectivity index (χ0n) is 51.2. The van der Waals surface area contributed by atoms with Crippen LogP contribution in [0.4, 0.5) is 0 Å². The molecule has 0 aromatic heterocycles. The quantitative estimate of drug-likeness (QED) is 0.0219. The van der Waals surface area contributed by atoms with Crippen LogP contribution in [0.2, 0.25) is 0 Å². The molecule has 86 heavy (non-hydrogen) atoms. The molecule has 0 radical (unpaired) electrons. The molecule has 0 bridgehead atoms. The van der Waals surface area contributed by atoms with Gasteiger partial charge in [0.1, 0.15) is 73.2 Å². The Labute approximate surface area is 512 Å². The van der Waals surface area contributed by atoms with Gasteiger partial charge in [0.15, 0.2) is 18.9 Å². The maximum Gasteiger partial charge on any atom is 0.220 e. The Kier molecular flexibility index (Phi) is 42.7. The lowest BCUT2D eigenvalue weighted by molar-refractivity contribution is -0.379. The lowest BCUT2D eigenvalue weighted by Gasteiger charge is -2.48. The van der Waals surface area contributed by atoms with Crippen molar-refractivity contribution in [2.24, 2.45) is 0 Å². The second-order valence-electron chi connectivity index (χ2n) is 22.1. The third-order valence-corrected chi connectivity index (χ3v) is 15.0. The largest absolute Gasteiger partial charge is 0.394 e. The van der Waals surface area contributed by atoms with Gasteiger partial charge in [0.2, 0.25) is 5.91 Å². The predicted octanol–water partition coefficient (Wildman–Crippen LogP) is 6.87. The number of ether oxygens (including phenoxy) is 6. The molecule has 17 unspecified atom stereocenters. The van der Waals surface area contributed by atoms with Gasteiger partial charge in [0, 0.05) is 6.42 Å². The summed E-state index contributed by atoms with van der Waals surface area (Å²) in [6.45, 7) is 1.51. The summed E-state index contributed by atoms with van der Waals surface area (Å²) in [5.41, 5.74) is 0. The van der Waals surface area contributed by atoms with Gasteiger partial charge in [-0.1, -0.05) is 174 Å². The normalized spacial score (nSPS) is 29.6.